The molecule has 2 amide bonds. The Morgan fingerprint density at radius 3 is 2.18 bits per heavy atom. The van der Waals surface area contributed by atoms with E-state index in [1.807, 2.05) is 4.90 Å². The quantitative estimate of drug-likeness (QED) is 0.639. The molecule has 0 unspecified atom stereocenters. The van der Waals surface area contributed by atoms with E-state index in [1.165, 1.54) is 6.42 Å². The second-order valence-electron chi connectivity index (χ2n) is 4.86. The molecule has 0 radical (unpaired) electrons. The third kappa shape index (κ3) is 3.43. The van der Waals surface area contributed by atoms with Crippen LogP contribution in [0.1, 0.15) is 19.3 Å². The van der Waals surface area contributed by atoms with Crippen LogP contribution in [0.25, 0.3) is 0 Å². The molecule has 5 nitrogen and oxygen atoms in total. The fourth-order valence-electron chi connectivity index (χ4n) is 2.46. The standard InChI is InChI=1S/C12H21N3O2/c16-11-14-8-6-13(7-9-14)10-12(17)15-4-2-1-3-5-15/h11H,1-10H2. The van der Waals surface area contributed by atoms with Gasteiger partial charge in [-0.05, 0) is 19.3 Å². The van der Waals surface area contributed by atoms with Gasteiger partial charge in [-0.2, -0.15) is 0 Å². The number of rotatable bonds is 3. The van der Waals surface area contributed by atoms with E-state index in [2.05, 4.69) is 4.90 Å². The van der Waals surface area contributed by atoms with Crippen LogP contribution in [0, 0.1) is 0 Å². The summed E-state index contributed by atoms with van der Waals surface area (Å²) in [5.74, 6) is 0.254. The van der Waals surface area contributed by atoms with Crippen molar-refractivity contribution < 1.29 is 9.59 Å². The molecule has 0 atom stereocenters. The van der Waals surface area contributed by atoms with Crippen molar-refractivity contribution in [1.82, 2.24) is 14.7 Å². The molecule has 0 saturated carbocycles. The molecule has 2 heterocycles. The number of hydrogen-bond donors (Lipinski definition) is 0. The van der Waals surface area contributed by atoms with Gasteiger partial charge < -0.3 is 9.80 Å². The van der Waals surface area contributed by atoms with Gasteiger partial charge >= 0.3 is 0 Å². The maximum Gasteiger partial charge on any atom is 0.236 e. The van der Waals surface area contributed by atoms with Gasteiger partial charge in [0.15, 0.2) is 0 Å². The summed E-state index contributed by atoms with van der Waals surface area (Å²) in [7, 11) is 0. The van der Waals surface area contributed by atoms with E-state index in [-0.39, 0.29) is 5.91 Å². The summed E-state index contributed by atoms with van der Waals surface area (Å²) in [5, 5.41) is 0. The van der Waals surface area contributed by atoms with Gasteiger partial charge in [0.2, 0.25) is 12.3 Å². The minimum absolute atomic E-state index is 0.254. The molecule has 0 aromatic carbocycles. The largest absolute Gasteiger partial charge is 0.343 e. The van der Waals surface area contributed by atoms with Crippen molar-refractivity contribution >= 4 is 12.3 Å². The molecule has 0 bridgehead atoms. The molecule has 2 aliphatic heterocycles. The third-order valence-corrected chi connectivity index (χ3v) is 3.62. The molecule has 2 fully saturated rings. The highest BCUT2D eigenvalue weighted by atomic mass is 16.2. The number of carbonyl (C=O) groups is 2. The number of amides is 2. The molecule has 0 aliphatic carbocycles. The molecule has 2 saturated heterocycles. The molecular weight excluding hydrogens is 218 g/mol. The van der Waals surface area contributed by atoms with Crippen molar-refractivity contribution in [2.75, 3.05) is 45.8 Å². The first-order valence-electron chi connectivity index (χ1n) is 6.49. The average Bonchev–Trinajstić information content (AvgIpc) is 2.40. The number of piperazine rings is 1. The van der Waals surface area contributed by atoms with Gasteiger partial charge in [-0.1, -0.05) is 0 Å². The first kappa shape index (κ1) is 12.4. The normalized spacial score (nSPS) is 22.6. The summed E-state index contributed by atoms with van der Waals surface area (Å²) >= 11 is 0. The van der Waals surface area contributed by atoms with Crippen molar-refractivity contribution in [3.63, 3.8) is 0 Å². The van der Waals surface area contributed by atoms with Crippen LogP contribution in [-0.2, 0) is 9.59 Å². The van der Waals surface area contributed by atoms with Crippen molar-refractivity contribution in [1.29, 1.82) is 0 Å². The smallest absolute Gasteiger partial charge is 0.236 e. The fourth-order valence-corrected chi connectivity index (χ4v) is 2.46. The van der Waals surface area contributed by atoms with Crippen LogP contribution in [-0.4, -0.2) is 72.8 Å². The van der Waals surface area contributed by atoms with Crippen molar-refractivity contribution in [2.45, 2.75) is 19.3 Å². The number of likely N-dealkylation sites (tertiary alicyclic amines) is 1. The van der Waals surface area contributed by atoms with E-state index in [1.54, 1.807) is 4.90 Å². The highest BCUT2D eigenvalue weighted by Gasteiger charge is 2.21. The minimum atomic E-state index is 0.254. The lowest BCUT2D eigenvalue weighted by Crippen LogP contribution is -2.50. The third-order valence-electron chi connectivity index (χ3n) is 3.62. The number of piperidine rings is 1. The van der Waals surface area contributed by atoms with Gasteiger partial charge in [0.1, 0.15) is 0 Å². The summed E-state index contributed by atoms with van der Waals surface area (Å²) in [6.07, 6.45) is 4.43. The molecule has 5 heteroatoms. The summed E-state index contributed by atoms with van der Waals surface area (Å²) in [4.78, 5) is 28.5. The van der Waals surface area contributed by atoms with Crippen LogP contribution in [0.2, 0.25) is 0 Å². The molecule has 17 heavy (non-hydrogen) atoms. The van der Waals surface area contributed by atoms with Gasteiger partial charge in [0.25, 0.3) is 0 Å². The highest BCUT2D eigenvalue weighted by molar-refractivity contribution is 5.78. The van der Waals surface area contributed by atoms with Crippen LogP contribution >= 0.6 is 0 Å². The second-order valence-corrected chi connectivity index (χ2v) is 4.86. The monoisotopic (exact) mass is 239 g/mol. The van der Waals surface area contributed by atoms with E-state index in [9.17, 15) is 9.59 Å². The maximum atomic E-state index is 12.0. The lowest BCUT2D eigenvalue weighted by atomic mass is 10.1. The van der Waals surface area contributed by atoms with E-state index >= 15 is 0 Å². The zero-order chi connectivity index (χ0) is 12.1. The molecule has 0 aromatic heterocycles. The van der Waals surface area contributed by atoms with Crippen molar-refractivity contribution in [3.05, 3.63) is 0 Å². The van der Waals surface area contributed by atoms with Gasteiger partial charge in [0, 0.05) is 39.3 Å². The number of hydrogen-bond acceptors (Lipinski definition) is 3. The minimum Gasteiger partial charge on any atom is -0.343 e. The Morgan fingerprint density at radius 1 is 0.941 bits per heavy atom. The van der Waals surface area contributed by atoms with E-state index in [4.69, 9.17) is 0 Å². The maximum absolute atomic E-state index is 12.0. The zero-order valence-electron chi connectivity index (χ0n) is 10.3. The number of nitrogens with zero attached hydrogens (tertiary/aromatic N) is 3. The predicted molar refractivity (Wildman–Crippen MR) is 64.5 cm³/mol. The molecule has 2 aliphatic rings. The van der Waals surface area contributed by atoms with Gasteiger partial charge in [0.05, 0.1) is 6.54 Å². The van der Waals surface area contributed by atoms with Crippen LogP contribution < -0.4 is 0 Å². The zero-order valence-corrected chi connectivity index (χ0v) is 10.3. The summed E-state index contributed by atoms with van der Waals surface area (Å²) < 4.78 is 0. The van der Waals surface area contributed by atoms with E-state index in [0.717, 1.165) is 58.5 Å². The molecular formula is C12H21N3O2. The fraction of sp³-hybridized carbons (Fsp3) is 0.833. The van der Waals surface area contributed by atoms with Crippen molar-refractivity contribution in [3.8, 4) is 0 Å². The molecule has 2 rings (SSSR count). The Balaban J connectivity index is 1.73. The van der Waals surface area contributed by atoms with E-state index < -0.39 is 0 Å². The average molecular weight is 239 g/mol. The summed E-state index contributed by atoms with van der Waals surface area (Å²) in [5.41, 5.74) is 0. The Hall–Kier alpha value is -1.10. The molecule has 0 N–H and O–H groups in total. The first-order valence-corrected chi connectivity index (χ1v) is 6.49. The summed E-state index contributed by atoms with van der Waals surface area (Å²) in [6, 6.07) is 0. The van der Waals surface area contributed by atoms with Crippen LogP contribution in [0.5, 0.6) is 0 Å². The first-order chi connectivity index (χ1) is 8.29. The van der Waals surface area contributed by atoms with Crippen LogP contribution in [0.15, 0.2) is 0 Å². The van der Waals surface area contributed by atoms with Gasteiger partial charge in [-0.15, -0.1) is 0 Å². The van der Waals surface area contributed by atoms with Crippen LogP contribution in [0.4, 0.5) is 0 Å². The number of carbonyl (C=O) groups excluding carboxylic acids is 2. The Kier molecular flexibility index (Phi) is 4.36. The lowest BCUT2D eigenvalue weighted by molar-refractivity contribution is -0.133. The Bertz CT molecular complexity index is 269. The van der Waals surface area contributed by atoms with Gasteiger partial charge in [-0.3, -0.25) is 14.5 Å². The summed E-state index contributed by atoms with van der Waals surface area (Å²) in [6.45, 7) is 5.50. The molecule has 96 valence electrons. The lowest BCUT2D eigenvalue weighted by Gasteiger charge is -2.34. The van der Waals surface area contributed by atoms with Gasteiger partial charge in [-0.25, -0.2) is 0 Å². The Labute approximate surface area is 102 Å². The predicted octanol–water partition coefficient (Wildman–Crippen LogP) is -0.227. The van der Waals surface area contributed by atoms with Crippen molar-refractivity contribution in [2.24, 2.45) is 0 Å². The van der Waals surface area contributed by atoms with E-state index in [0.29, 0.717) is 6.54 Å². The second kappa shape index (κ2) is 6.00. The molecule has 0 spiro atoms. The highest BCUT2D eigenvalue weighted by Crippen LogP contribution is 2.09. The Morgan fingerprint density at radius 2 is 1.59 bits per heavy atom. The SMILES string of the molecule is O=CN1CCN(CC(=O)N2CCCCC2)CC1. The topological polar surface area (TPSA) is 43.9 Å². The van der Waals surface area contributed by atoms with Crippen LogP contribution in [0.3, 0.4) is 0 Å². The molecule has 0 aromatic rings.